The van der Waals surface area contributed by atoms with Crippen LogP contribution in [0.25, 0.3) is 11.1 Å². The maximum absolute atomic E-state index is 4.20. The molecule has 1 heteroatoms. The Morgan fingerprint density at radius 2 is 1.18 bits per heavy atom. The third-order valence-electron chi connectivity index (χ3n) is 9.66. The van der Waals surface area contributed by atoms with Gasteiger partial charge in [0.2, 0.25) is 0 Å². The summed E-state index contributed by atoms with van der Waals surface area (Å²) in [6, 6.07) is 41.1. The van der Waals surface area contributed by atoms with Gasteiger partial charge in [-0.2, -0.15) is 0 Å². The number of benzene rings is 4. The molecule has 0 amide bonds. The summed E-state index contributed by atoms with van der Waals surface area (Å²) < 4.78 is 9.20. The van der Waals surface area contributed by atoms with Gasteiger partial charge in [-0.25, -0.2) is 0 Å². The fourth-order valence-electron chi connectivity index (χ4n) is 7.51. The van der Waals surface area contributed by atoms with Gasteiger partial charge in [-0.15, -0.1) is 0 Å². The molecule has 0 bridgehead atoms. The Labute approximate surface area is 229 Å². The molecule has 0 saturated carbocycles. The molecule has 0 spiro atoms. The van der Waals surface area contributed by atoms with E-state index in [1.54, 1.807) is 6.49 Å². The van der Waals surface area contributed by atoms with Gasteiger partial charge in [-0.3, -0.25) is 0 Å². The average Bonchev–Trinajstić information content (AvgIpc) is 3.59. The molecule has 0 aromatic heterocycles. The van der Waals surface area contributed by atoms with Gasteiger partial charge in [0.15, 0.2) is 0 Å². The van der Waals surface area contributed by atoms with Crippen LogP contribution in [0.5, 0.6) is 0 Å². The second-order valence-electron chi connectivity index (χ2n) is 12.1. The summed E-state index contributed by atoms with van der Waals surface area (Å²) in [5.74, 6) is 0.589. The van der Waals surface area contributed by atoms with Crippen molar-refractivity contribution < 1.29 is 18.3 Å². The number of allylic oxidation sites excluding steroid dienone is 4. The van der Waals surface area contributed by atoms with Gasteiger partial charge in [0.1, 0.15) is 0 Å². The first-order chi connectivity index (χ1) is 18.4. The van der Waals surface area contributed by atoms with Crippen LogP contribution >= 0.6 is 0 Å². The average molecular weight is 574 g/mol. The Balaban J connectivity index is 1.80. The predicted molar refractivity (Wildman–Crippen MR) is 162 cm³/mol. The summed E-state index contributed by atoms with van der Waals surface area (Å²) in [5, 5.41) is 0. The van der Waals surface area contributed by atoms with Crippen LogP contribution in [0.1, 0.15) is 52.6 Å². The summed E-state index contributed by atoms with van der Waals surface area (Å²) in [5.41, 5.74) is 10.2. The molecule has 1 atom stereocenters. The summed E-state index contributed by atoms with van der Waals surface area (Å²) in [6.45, 7) is 4.70. The van der Waals surface area contributed by atoms with E-state index >= 15 is 0 Å². The molecule has 0 heterocycles. The van der Waals surface area contributed by atoms with Gasteiger partial charge in [0.25, 0.3) is 0 Å². The van der Waals surface area contributed by atoms with E-state index in [1.807, 2.05) is 0 Å². The van der Waals surface area contributed by atoms with Crippen LogP contribution in [0.3, 0.4) is 0 Å². The topological polar surface area (TPSA) is 0 Å². The standard InChI is InChI=1S/C13H9.C13H10.C9H13.2CH3.Zr/c1-3-7-12-10(5-1)9-11-6-2-4-8-13(11)12;1-3-7-12(8-4-1)11-13-9-5-2-6-10-13;1-3-8(2)9-6-4-5-7-9;;;/h1-9H;1-10H;6-8H,3-4H2,1-2H3;2*1H3;. The first kappa shape index (κ1) is 25.4. The molecule has 1 unspecified atom stereocenters. The van der Waals surface area contributed by atoms with Crippen molar-refractivity contribution in [2.75, 3.05) is 0 Å². The predicted octanol–water partition coefficient (Wildman–Crippen LogP) is 10.1. The van der Waals surface area contributed by atoms with Gasteiger partial charge in [0.05, 0.1) is 0 Å². The van der Waals surface area contributed by atoms with Crippen molar-refractivity contribution in [3.63, 3.8) is 0 Å². The third-order valence-corrected chi connectivity index (χ3v) is 26.4. The van der Waals surface area contributed by atoms with Crippen LogP contribution in [0, 0.1) is 5.92 Å². The Kier molecular flexibility index (Phi) is 6.48. The van der Waals surface area contributed by atoms with Crippen molar-refractivity contribution in [3.8, 4) is 11.1 Å². The molecule has 190 valence electrons. The molecule has 0 saturated heterocycles. The molecule has 0 N–H and O–H groups in total. The van der Waals surface area contributed by atoms with Crippen LogP contribution in [0.15, 0.2) is 130 Å². The van der Waals surface area contributed by atoms with E-state index in [-0.39, 0.29) is 0 Å². The van der Waals surface area contributed by atoms with Crippen molar-refractivity contribution in [2.24, 2.45) is 5.92 Å². The number of rotatable bonds is 6. The summed E-state index contributed by atoms with van der Waals surface area (Å²) >= 11 is -4.20. The second-order valence-corrected chi connectivity index (χ2v) is 28.6. The second kappa shape index (κ2) is 9.70. The van der Waals surface area contributed by atoms with Crippen molar-refractivity contribution in [1.82, 2.24) is 0 Å². The van der Waals surface area contributed by atoms with E-state index in [0.717, 1.165) is 6.42 Å². The van der Waals surface area contributed by atoms with Gasteiger partial charge >= 0.3 is 231 Å². The first-order valence-electron chi connectivity index (χ1n) is 14.2. The van der Waals surface area contributed by atoms with E-state index in [1.165, 1.54) is 45.4 Å². The Morgan fingerprint density at radius 1 is 0.711 bits per heavy atom. The molecule has 0 nitrogen and oxygen atoms in total. The van der Waals surface area contributed by atoms with Crippen molar-refractivity contribution in [1.29, 1.82) is 0 Å². The monoisotopic (exact) mass is 572 g/mol. The summed E-state index contributed by atoms with van der Waals surface area (Å²) in [7, 11) is 0. The minimum absolute atomic E-state index is 0.384. The molecule has 2 aliphatic rings. The molecule has 0 aliphatic heterocycles. The molecule has 0 radical (unpaired) electrons. The quantitative estimate of drug-likeness (QED) is 0.215. The number of hydrogen-bond donors (Lipinski definition) is 0. The Bertz CT molecular complexity index is 1540. The summed E-state index contributed by atoms with van der Waals surface area (Å²) in [4.78, 5) is 0. The number of hydrogen-bond acceptors (Lipinski definition) is 0. The first-order valence-corrected chi connectivity index (χ1v) is 23.0. The van der Waals surface area contributed by atoms with Crippen molar-refractivity contribution in [2.45, 2.75) is 39.6 Å². The van der Waals surface area contributed by atoms with Crippen LogP contribution in [0.4, 0.5) is 0 Å². The SMILES string of the molecule is CCC(C)C1=CC[C]([Zr]([CH3])([CH3])(=[C](c2ccccc2)c2ccccc2)[CH]2c3ccccc3-c3ccccc32)=C1. The van der Waals surface area contributed by atoms with Crippen molar-refractivity contribution >= 4 is 3.21 Å². The van der Waals surface area contributed by atoms with E-state index in [0.29, 0.717) is 9.54 Å². The minimum atomic E-state index is -4.20. The van der Waals surface area contributed by atoms with Crippen molar-refractivity contribution in [3.05, 3.63) is 152 Å². The van der Waals surface area contributed by atoms with Gasteiger partial charge < -0.3 is 0 Å². The molecular weight excluding hydrogens is 536 g/mol. The molecule has 38 heavy (non-hydrogen) atoms. The van der Waals surface area contributed by atoms with Gasteiger partial charge in [-0.1, -0.05) is 0 Å². The normalized spacial score (nSPS) is 15.9. The van der Waals surface area contributed by atoms with Crippen LogP contribution in [-0.2, 0) is 18.3 Å². The zero-order chi connectivity index (χ0) is 26.4. The maximum atomic E-state index is 2.75. The molecule has 0 fully saturated rings. The Morgan fingerprint density at radius 3 is 1.68 bits per heavy atom. The third kappa shape index (κ3) is 3.86. The Hall–Kier alpha value is -2.89. The van der Waals surface area contributed by atoms with Crippen LogP contribution < -0.4 is 0 Å². The fourth-order valence-corrected chi connectivity index (χ4v) is 24.2. The van der Waals surface area contributed by atoms with E-state index in [4.69, 9.17) is 0 Å². The zero-order valence-electron chi connectivity index (χ0n) is 23.1. The van der Waals surface area contributed by atoms with Crippen LogP contribution in [0.2, 0.25) is 9.26 Å². The van der Waals surface area contributed by atoms with Crippen LogP contribution in [-0.4, -0.2) is 3.21 Å². The van der Waals surface area contributed by atoms with E-state index < -0.39 is 18.3 Å². The van der Waals surface area contributed by atoms with Gasteiger partial charge in [-0.05, 0) is 0 Å². The zero-order valence-corrected chi connectivity index (χ0v) is 25.6. The molecule has 6 rings (SSSR count). The molecular formula is C37H38Zr. The van der Waals surface area contributed by atoms with E-state index in [9.17, 15) is 0 Å². The molecule has 2 aliphatic carbocycles. The van der Waals surface area contributed by atoms with E-state index in [2.05, 4.69) is 144 Å². The van der Waals surface area contributed by atoms with Gasteiger partial charge in [0, 0.05) is 0 Å². The number of fused-ring (bicyclic) bond motifs is 3. The molecule has 4 aromatic carbocycles. The summed E-state index contributed by atoms with van der Waals surface area (Å²) in [6.07, 6.45) is 7.44. The fraction of sp³-hybridized carbons (Fsp3) is 0.216. The molecule has 4 aromatic rings.